The highest BCUT2D eigenvalue weighted by atomic mass is 127. The van der Waals surface area contributed by atoms with E-state index in [9.17, 15) is 0 Å². The minimum absolute atomic E-state index is 0. The summed E-state index contributed by atoms with van der Waals surface area (Å²) in [5.74, 6) is 1.61. The summed E-state index contributed by atoms with van der Waals surface area (Å²) in [6.45, 7) is 9.84. The van der Waals surface area contributed by atoms with Crippen LogP contribution in [-0.4, -0.2) is 64.4 Å². The van der Waals surface area contributed by atoms with Gasteiger partial charge in [-0.25, -0.2) is 0 Å². The molecule has 26 heavy (non-hydrogen) atoms. The van der Waals surface area contributed by atoms with E-state index in [0.29, 0.717) is 13.2 Å². The van der Waals surface area contributed by atoms with Crippen molar-refractivity contribution in [1.29, 1.82) is 0 Å². The molecule has 0 aliphatic rings. The number of aliphatic imine (C=N–C) groups is 1. The summed E-state index contributed by atoms with van der Waals surface area (Å²) in [5.41, 5.74) is 0.957. The zero-order valence-electron chi connectivity index (χ0n) is 16.6. The van der Waals surface area contributed by atoms with Crippen LogP contribution in [0.25, 0.3) is 0 Å². The van der Waals surface area contributed by atoms with Gasteiger partial charge in [0.1, 0.15) is 5.75 Å². The van der Waals surface area contributed by atoms with Crippen LogP contribution in [0.1, 0.15) is 26.7 Å². The quantitative estimate of drug-likeness (QED) is 0.209. The highest BCUT2D eigenvalue weighted by molar-refractivity contribution is 14.0. The van der Waals surface area contributed by atoms with E-state index in [2.05, 4.69) is 34.4 Å². The number of halogens is 1. The molecule has 0 aliphatic carbocycles. The summed E-state index contributed by atoms with van der Waals surface area (Å²) in [4.78, 5) is 6.71. The average molecular weight is 478 g/mol. The Hall–Kier alpha value is -1.06. The van der Waals surface area contributed by atoms with Gasteiger partial charge in [0.25, 0.3) is 0 Å². The molecule has 2 N–H and O–H groups in total. The van der Waals surface area contributed by atoms with Crippen molar-refractivity contribution in [3.8, 4) is 5.75 Å². The molecule has 0 fully saturated rings. The second kappa shape index (κ2) is 16.1. The summed E-state index contributed by atoms with van der Waals surface area (Å²) < 4.78 is 10.8. The molecule has 7 heteroatoms. The van der Waals surface area contributed by atoms with Crippen molar-refractivity contribution in [3.63, 3.8) is 0 Å². The number of methoxy groups -OCH3 is 1. The molecule has 0 saturated heterocycles. The highest BCUT2D eigenvalue weighted by Crippen LogP contribution is 2.17. The minimum atomic E-state index is 0. The number of likely N-dealkylation sites (N-methyl/N-ethyl adjacent to an activating group) is 1. The van der Waals surface area contributed by atoms with Crippen molar-refractivity contribution >= 4 is 35.6 Å². The third-order valence-electron chi connectivity index (χ3n) is 3.79. The third kappa shape index (κ3) is 10.8. The molecule has 0 radical (unpaired) electrons. The Morgan fingerprint density at radius 1 is 1.19 bits per heavy atom. The van der Waals surface area contributed by atoms with Gasteiger partial charge in [-0.2, -0.15) is 0 Å². The molecular weight excluding hydrogens is 443 g/mol. The van der Waals surface area contributed by atoms with Gasteiger partial charge >= 0.3 is 0 Å². The van der Waals surface area contributed by atoms with Crippen molar-refractivity contribution < 1.29 is 9.47 Å². The summed E-state index contributed by atoms with van der Waals surface area (Å²) in [5, 5.41) is 6.67. The van der Waals surface area contributed by atoms with Gasteiger partial charge in [-0.3, -0.25) is 4.99 Å². The summed E-state index contributed by atoms with van der Waals surface area (Å²) in [6, 6.07) is 7.92. The van der Waals surface area contributed by atoms with Gasteiger partial charge in [0.05, 0.1) is 6.61 Å². The standard InChI is InChI=1S/C19H34N4O2.HI/c1-5-12-23(6-2)13-11-21-19(20-3)22-17-9-7-10-18(16-17)25-15-8-14-24-4;/h7,9-10,16H,5-6,8,11-15H2,1-4H3,(H2,20,21,22);1H. The smallest absolute Gasteiger partial charge is 0.195 e. The lowest BCUT2D eigenvalue weighted by Crippen LogP contribution is -2.38. The van der Waals surface area contributed by atoms with E-state index in [-0.39, 0.29) is 24.0 Å². The Balaban J connectivity index is 0.00000625. The molecule has 0 spiro atoms. The van der Waals surface area contributed by atoms with E-state index in [0.717, 1.165) is 50.0 Å². The van der Waals surface area contributed by atoms with Crippen molar-refractivity contribution in [2.45, 2.75) is 26.7 Å². The number of guanidine groups is 1. The molecule has 0 saturated carbocycles. The number of nitrogens with one attached hydrogen (secondary N) is 2. The van der Waals surface area contributed by atoms with Crippen LogP contribution in [0, 0.1) is 0 Å². The molecule has 0 amide bonds. The molecule has 6 nitrogen and oxygen atoms in total. The summed E-state index contributed by atoms with van der Waals surface area (Å²) in [6.07, 6.45) is 2.06. The molecule has 0 aromatic heterocycles. The zero-order chi connectivity index (χ0) is 18.3. The number of ether oxygens (including phenoxy) is 2. The number of hydrogen-bond acceptors (Lipinski definition) is 4. The van der Waals surface area contributed by atoms with E-state index in [4.69, 9.17) is 9.47 Å². The third-order valence-corrected chi connectivity index (χ3v) is 3.79. The molecule has 0 bridgehead atoms. The van der Waals surface area contributed by atoms with Crippen molar-refractivity contribution in [1.82, 2.24) is 10.2 Å². The Bertz CT molecular complexity index is 500. The van der Waals surface area contributed by atoms with Crippen LogP contribution in [0.2, 0.25) is 0 Å². The van der Waals surface area contributed by atoms with Crippen LogP contribution < -0.4 is 15.4 Å². The normalized spacial score (nSPS) is 11.2. The van der Waals surface area contributed by atoms with Crippen molar-refractivity contribution in [2.24, 2.45) is 4.99 Å². The van der Waals surface area contributed by atoms with Crippen molar-refractivity contribution in [2.75, 3.05) is 58.9 Å². The van der Waals surface area contributed by atoms with Crippen molar-refractivity contribution in [3.05, 3.63) is 24.3 Å². The number of anilines is 1. The van der Waals surface area contributed by atoms with Gasteiger partial charge in [-0.05, 0) is 31.6 Å². The van der Waals surface area contributed by atoms with E-state index in [1.165, 1.54) is 6.42 Å². The molecule has 0 aliphatic heterocycles. The molecule has 1 rings (SSSR count). The molecule has 1 aromatic rings. The van der Waals surface area contributed by atoms with Gasteiger partial charge in [0.15, 0.2) is 5.96 Å². The first-order valence-electron chi connectivity index (χ1n) is 9.15. The van der Waals surface area contributed by atoms with Crippen LogP contribution in [-0.2, 0) is 4.74 Å². The molecule has 0 heterocycles. The van der Waals surface area contributed by atoms with Crippen LogP contribution in [0.4, 0.5) is 5.69 Å². The lowest BCUT2D eigenvalue weighted by molar-refractivity contribution is 0.172. The van der Waals surface area contributed by atoms with Crippen LogP contribution in [0.5, 0.6) is 5.75 Å². The van der Waals surface area contributed by atoms with E-state index in [1.54, 1.807) is 14.2 Å². The molecule has 1 aromatic carbocycles. The lowest BCUT2D eigenvalue weighted by atomic mass is 10.3. The zero-order valence-corrected chi connectivity index (χ0v) is 18.9. The Kier molecular flexibility index (Phi) is 15.5. The first-order valence-corrected chi connectivity index (χ1v) is 9.15. The predicted molar refractivity (Wildman–Crippen MR) is 121 cm³/mol. The molecule has 0 unspecified atom stereocenters. The fraction of sp³-hybridized carbons (Fsp3) is 0.632. The van der Waals surface area contributed by atoms with Crippen LogP contribution >= 0.6 is 24.0 Å². The Morgan fingerprint density at radius 3 is 2.65 bits per heavy atom. The van der Waals surface area contributed by atoms with Crippen LogP contribution in [0.15, 0.2) is 29.3 Å². The Morgan fingerprint density at radius 2 is 2.00 bits per heavy atom. The van der Waals surface area contributed by atoms with Gasteiger partial charge < -0.3 is 25.0 Å². The van der Waals surface area contributed by atoms with Crippen LogP contribution in [0.3, 0.4) is 0 Å². The Labute approximate surface area is 175 Å². The number of hydrogen-bond donors (Lipinski definition) is 2. The second-order valence-electron chi connectivity index (χ2n) is 5.78. The summed E-state index contributed by atoms with van der Waals surface area (Å²) >= 11 is 0. The molecule has 0 atom stereocenters. The predicted octanol–water partition coefficient (Wildman–Crippen LogP) is 3.44. The van der Waals surface area contributed by atoms with E-state index < -0.39 is 0 Å². The van der Waals surface area contributed by atoms with Gasteiger partial charge in [-0.15, -0.1) is 24.0 Å². The topological polar surface area (TPSA) is 58.1 Å². The largest absolute Gasteiger partial charge is 0.493 e. The van der Waals surface area contributed by atoms with E-state index in [1.807, 2.05) is 24.3 Å². The second-order valence-corrected chi connectivity index (χ2v) is 5.78. The van der Waals surface area contributed by atoms with E-state index >= 15 is 0 Å². The molecular formula is C19H35IN4O2. The number of nitrogens with zero attached hydrogens (tertiary/aromatic N) is 2. The maximum Gasteiger partial charge on any atom is 0.195 e. The monoisotopic (exact) mass is 478 g/mol. The van der Waals surface area contributed by atoms with Gasteiger partial charge in [0.2, 0.25) is 0 Å². The number of benzene rings is 1. The highest BCUT2D eigenvalue weighted by Gasteiger charge is 2.03. The van der Waals surface area contributed by atoms with Gasteiger partial charge in [0, 0.05) is 52.0 Å². The first kappa shape index (κ1) is 24.9. The number of rotatable bonds is 12. The first-order chi connectivity index (χ1) is 12.2. The SMILES string of the molecule is CCCN(CC)CCNC(=NC)Nc1cccc(OCCCOC)c1.I. The maximum atomic E-state index is 5.73. The molecule has 150 valence electrons. The lowest BCUT2D eigenvalue weighted by Gasteiger charge is -2.20. The van der Waals surface area contributed by atoms with Gasteiger partial charge in [-0.1, -0.05) is 19.9 Å². The minimum Gasteiger partial charge on any atom is -0.493 e. The fourth-order valence-electron chi connectivity index (χ4n) is 2.45. The summed E-state index contributed by atoms with van der Waals surface area (Å²) in [7, 11) is 3.48. The maximum absolute atomic E-state index is 5.73. The fourth-order valence-corrected chi connectivity index (χ4v) is 2.45. The average Bonchev–Trinajstić information content (AvgIpc) is 2.64.